The normalized spacial score (nSPS) is 23.7. The van der Waals surface area contributed by atoms with E-state index in [0.717, 1.165) is 23.7 Å². The van der Waals surface area contributed by atoms with E-state index in [2.05, 4.69) is 20.7 Å². The molecule has 2 unspecified atom stereocenters. The zero-order valence-electron chi connectivity index (χ0n) is 10.5. The largest absolute Gasteiger partial charge is 0.396 e. The Kier molecular flexibility index (Phi) is 5.00. The fourth-order valence-electron chi connectivity index (χ4n) is 2.54. The lowest BCUT2D eigenvalue weighted by Gasteiger charge is -2.17. The first kappa shape index (κ1) is 15.0. The molecule has 0 aromatic heterocycles. The summed E-state index contributed by atoms with van der Waals surface area (Å²) in [5, 5.41) is 9.23. The van der Waals surface area contributed by atoms with E-state index >= 15 is 0 Å². The van der Waals surface area contributed by atoms with Crippen LogP contribution in [0.5, 0.6) is 0 Å². The molecule has 6 heteroatoms. The monoisotopic (exact) mass is 347 g/mol. The van der Waals surface area contributed by atoms with Crippen LogP contribution in [0.4, 0.5) is 0 Å². The third-order valence-electron chi connectivity index (χ3n) is 3.71. The molecule has 0 aliphatic heterocycles. The van der Waals surface area contributed by atoms with Gasteiger partial charge in [0.2, 0.25) is 10.0 Å². The molecule has 106 valence electrons. The zero-order valence-corrected chi connectivity index (χ0v) is 13.0. The highest BCUT2D eigenvalue weighted by atomic mass is 79.9. The van der Waals surface area contributed by atoms with E-state index in [1.807, 2.05) is 0 Å². The van der Waals surface area contributed by atoms with Crippen molar-refractivity contribution in [1.29, 1.82) is 0 Å². The summed E-state index contributed by atoms with van der Waals surface area (Å²) >= 11 is 3.28. The van der Waals surface area contributed by atoms with Crippen LogP contribution in [0, 0.1) is 11.8 Å². The molecule has 0 spiro atoms. The number of hydrogen-bond donors (Lipinski definition) is 2. The van der Waals surface area contributed by atoms with Gasteiger partial charge in [0, 0.05) is 17.6 Å². The van der Waals surface area contributed by atoms with Crippen molar-refractivity contribution in [3.63, 3.8) is 0 Å². The summed E-state index contributed by atoms with van der Waals surface area (Å²) < 4.78 is 27.7. The van der Waals surface area contributed by atoms with Crippen molar-refractivity contribution in [2.75, 3.05) is 13.2 Å². The molecule has 1 saturated carbocycles. The summed E-state index contributed by atoms with van der Waals surface area (Å²) in [6, 6.07) is 6.57. The molecular weight excluding hydrogens is 330 g/mol. The topological polar surface area (TPSA) is 66.4 Å². The van der Waals surface area contributed by atoms with Gasteiger partial charge in [-0.05, 0) is 48.9 Å². The number of aliphatic hydroxyl groups is 1. The van der Waals surface area contributed by atoms with Crippen LogP contribution in [0.25, 0.3) is 0 Å². The predicted molar refractivity (Wildman–Crippen MR) is 77.2 cm³/mol. The first-order valence-corrected chi connectivity index (χ1v) is 8.66. The van der Waals surface area contributed by atoms with Crippen LogP contribution in [0.15, 0.2) is 33.6 Å². The van der Waals surface area contributed by atoms with Crippen molar-refractivity contribution in [2.24, 2.45) is 11.8 Å². The number of halogens is 1. The molecule has 2 rings (SSSR count). The summed E-state index contributed by atoms with van der Waals surface area (Å²) in [7, 11) is -3.45. The SMILES string of the molecule is O=S(=O)(NCC1CCCC1CO)c1ccc(Br)cc1. The highest BCUT2D eigenvalue weighted by Gasteiger charge is 2.27. The van der Waals surface area contributed by atoms with E-state index in [1.54, 1.807) is 24.3 Å². The van der Waals surface area contributed by atoms with Crippen LogP contribution >= 0.6 is 15.9 Å². The lowest BCUT2D eigenvalue weighted by Crippen LogP contribution is -2.31. The second-order valence-electron chi connectivity index (χ2n) is 4.94. The van der Waals surface area contributed by atoms with Gasteiger partial charge in [0.15, 0.2) is 0 Å². The van der Waals surface area contributed by atoms with Gasteiger partial charge in [-0.3, -0.25) is 0 Å². The second kappa shape index (κ2) is 6.35. The molecule has 1 aromatic carbocycles. The first-order valence-electron chi connectivity index (χ1n) is 6.39. The van der Waals surface area contributed by atoms with Crippen LogP contribution in [0.2, 0.25) is 0 Å². The quantitative estimate of drug-likeness (QED) is 0.857. The van der Waals surface area contributed by atoms with E-state index < -0.39 is 10.0 Å². The van der Waals surface area contributed by atoms with Crippen LogP contribution in [-0.2, 0) is 10.0 Å². The Morgan fingerprint density at radius 1 is 1.21 bits per heavy atom. The molecule has 2 N–H and O–H groups in total. The predicted octanol–water partition coefficient (Wildman–Crippen LogP) is 2.14. The zero-order chi connectivity index (χ0) is 13.9. The minimum absolute atomic E-state index is 0.144. The Morgan fingerprint density at radius 2 is 1.84 bits per heavy atom. The van der Waals surface area contributed by atoms with Crippen molar-refractivity contribution in [2.45, 2.75) is 24.2 Å². The smallest absolute Gasteiger partial charge is 0.240 e. The molecule has 0 saturated heterocycles. The van der Waals surface area contributed by atoms with Gasteiger partial charge in [-0.25, -0.2) is 13.1 Å². The Labute approximate surface area is 122 Å². The first-order chi connectivity index (χ1) is 9.03. The summed E-state index contributed by atoms with van der Waals surface area (Å²) in [5.41, 5.74) is 0. The van der Waals surface area contributed by atoms with Gasteiger partial charge in [0.25, 0.3) is 0 Å². The average molecular weight is 348 g/mol. The lowest BCUT2D eigenvalue weighted by molar-refractivity contribution is 0.195. The Balaban J connectivity index is 2.00. The third-order valence-corrected chi connectivity index (χ3v) is 5.68. The van der Waals surface area contributed by atoms with Gasteiger partial charge in [0.1, 0.15) is 0 Å². The highest BCUT2D eigenvalue weighted by molar-refractivity contribution is 9.10. The van der Waals surface area contributed by atoms with Crippen molar-refractivity contribution in [3.05, 3.63) is 28.7 Å². The number of nitrogens with one attached hydrogen (secondary N) is 1. The Morgan fingerprint density at radius 3 is 2.47 bits per heavy atom. The van der Waals surface area contributed by atoms with Gasteiger partial charge in [-0.2, -0.15) is 0 Å². The summed E-state index contributed by atoms with van der Waals surface area (Å²) in [5.74, 6) is 0.475. The molecule has 0 heterocycles. The molecule has 0 amide bonds. The number of rotatable bonds is 5. The van der Waals surface area contributed by atoms with Crippen LogP contribution in [-0.4, -0.2) is 26.7 Å². The molecule has 4 nitrogen and oxygen atoms in total. The van der Waals surface area contributed by atoms with Crippen molar-refractivity contribution in [1.82, 2.24) is 4.72 Å². The maximum absolute atomic E-state index is 12.1. The number of hydrogen-bond acceptors (Lipinski definition) is 3. The van der Waals surface area contributed by atoms with Crippen LogP contribution in [0.3, 0.4) is 0 Å². The average Bonchev–Trinajstić information content (AvgIpc) is 2.84. The van der Waals surface area contributed by atoms with Crippen LogP contribution in [0.1, 0.15) is 19.3 Å². The molecule has 2 atom stereocenters. The van der Waals surface area contributed by atoms with Crippen molar-refractivity contribution >= 4 is 26.0 Å². The molecule has 19 heavy (non-hydrogen) atoms. The van der Waals surface area contributed by atoms with Crippen LogP contribution < -0.4 is 4.72 Å². The second-order valence-corrected chi connectivity index (χ2v) is 7.62. The minimum Gasteiger partial charge on any atom is -0.396 e. The number of benzene rings is 1. The summed E-state index contributed by atoms with van der Waals surface area (Å²) in [6.07, 6.45) is 3.03. The Hall–Kier alpha value is -0.430. The molecular formula is C13H18BrNO3S. The summed E-state index contributed by atoms with van der Waals surface area (Å²) in [4.78, 5) is 0.272. The van der Waals surface area contributed by atoms with Gasteiger partial charge in [-0.1, -0.05) is 22.4 Å². The van der Waals surface area contributed by atoms with Gasteiger partial charge < -0.3 is 5.11 Å². The molecule has 1 fully saturated rings. The highest BCUT2D eigenvalue weighted by Crippen LogP contribution is 2.31. The third kappa shape index (κ3) is 3.78. The summed E-state index contributed by atoms with van der Waals surface area (Å²) in [6.45, 7) is 0.550. The van der Waals surface area contributed by atoms with E-state index in [9.17, 15) is 13.5 Å². The minimum atomic E-state index is -3.45. The van der Waals surface area contributed by atoms with E-state index in [0.29, 0.717) is 6.54 Å². The van der Waals surface area contributed by atoms with Gasteiger partial charge in [0.05, 0.1) is 4.90 Å². The van der Waals surface area contributed by atoms with E-state index in [-0.39, 0.29) is 23.3 Å². The molecule has 1 aromatic rings. The molecule has 1 aliphatic rings. The number of sulfonamides is 1. The standard InChI is InChI=1S/C13H18BrNO3S/c14-12-4-6-13(7-5-12)19(17,18)15-8-10-2-1-3-11(10)9-16/h4-7,10-11,15-16H,1-3,8-9H2. The number of aliphatic hydroxyl groups excluding tert-OH is 1. The fraction of sp³-hybridized carbons (Fsp3) is 0.538. The molecule has 0 radical (unpaired) electrons. The maximum Gasteiger partial charge on any atom is 0.240 e. The van der Waals surface area contributed by atoms with Crippen molar-refractivity contribution in [3.8, 4) is 0 Å². The van der Waals surface area contributed by atoms with Gasteiger partial charge in [-0.15, -0.1) is 0 Å². The molecule has 1 aliphatic carbocycles. The van der Waals surface area contributed by atoms with Crippen molar-refractivity contribution < 1.29 is 13.5 Å². The fourth-order valence-corrected chi connectivity index (χ4v) is 3.90. The lowest BCUT2D eigenvalue weighted by atomic mass is 9.97. The van der Waals surface area contributed by atoms with E-state index in [1.165, 1.54) is 0 Å². The molecule has 0 bridgehead atoms. The maximum atomic E-state index is 12.1. The van der Waals surface area contributed by atoms with E-state index in [4.69, 9.17) is 0 Å². The Bertz CT molecular complexity index is 515. The van der Waals surface area contributed by atoms with Gasteiger partial charge >= 0.3 is 0 Å².